The molecule has 130 valence electrons. The number of halogens is 1. The molecule has 3 rings (SSSR count). The molecule has 0 saturated carbocycles. The summed E-state index contributed by atoms with van der Waals surface area (Å²) in [5.74, 6) is -1.29. The Bertz CT molecular complexity index is 929. The summed E-state index contributed by atoms with van der Waals surface area (Å²) in [6.07, 6.45) is 0. The minimum Gasteiger partial charge on any atom is -0.347 e. The van der Waals surface area contributed by atoms with Crippen molar-refractivity contribution in [3.8, 4) is 0 Å². The van der Waals surface area contributed by atoms with Crippen molar-refractivity contribution in [1.29, 1.82) is 0 Å². The van der Waals surface area contributed by atoms with E-state index in [9.17, 15) is 14.0 Å². The number of carbonyl (C=O) groups is 2. The van der Waals surface area contributed by atoms with Crippen LogP contribution in [-0.4, -0.2) is 16.8 Å². The van der Waals surface area contributed by atoms with E-state index in [0.29, 0.717) is 11.3 Å². The third-order valence-corrected chi connectivity index (χ3v) is 3.64. The van der Waals surface area contributed by atoms with E-state index >= 15 is 0 Å². The van der Waals surface area contributed by atoms with Gasteiger partial charge < -0.3 is 10.6 Å². The molecule has 0 bridgehead atoms. The summed E-state index contributed by atoms with van der Waals surface area (Å²) in [5.41, 5.74) is 1.21. The van der Waals surface area contributed by atoms with Gasteiger partial charge in [-0.2, -0.15) is 0 Å². The average Bonchev–Trinajstić information content (AvgIpc) is 2.68. The highest BCUT2D eigenvalue weighted by Crippen LogP contribution is 2.09. The van der Waals surface area contributed by atoms with Crippen LogP contribution in [0, 0.1) is 5.82 Å². The number of carbonyl (C=O) groups excluding carboxylic acids is 2. The molecular weight excluding hydrogens is 333 g/mol. The highest BCUT2D eigenvalue weighted by molar-refractivity contribution is 6.03. The van der Waals surface area contributed by atoms with Crippen molar-refractivity contribution >= 4 is 17.5 Å². The van der Waals surface area contributed by atoms with Gasteiger partial charge in [0, 0.05) is 17.8 Å². The number of amides is 2. The maximum absolute atomic E-state index is 13.6. The van der Waals surface area contributed by atoms with Crippen molar-refractivity contribution in [2.24, 2.45) is 0 Å². The lowest BCUT2D eigenvalue weighted by Crippen LogP contribution is -2.25. The fourth-order valence-corrected chi connectivity index (χ4v) is 2.31. The first-order valence-corrected chi connectivity index (χ1v) is 7.98. The summed E-state index contributed by atoms with van der Waals surface area (Å²) < 4.78 is 13.6. The Balaban J connectivity index is 1.67. The lowest BCUT2D eigenvalue weighted by molar-refractivity contribution is 0.0945. The van der Waals surface area contributed by atoms with Crippen molar-refractivity contribution in [3.63, 3.8) is 0 Å². The summed E-state index contributed by atoms with van der Waals surface area (Å²) in [6, 6.07) is 19.7. The second-order valence-electron chi connectivity index (χ2n) is 5.50. The number of anilines is 1. The minimum atomic E-state index is -0.484. The molecule has 3 aromatic rings. The molecule has 2 aromatic carbocycles. The number of pyridine rings is 1. The molecule has 0 fully saturated rings. The largest absolute Gasteiger partial charge is 0.347 e. The predicted octanol–water partition coefficient (Wildman–Crippen LogP) is 3.40. The first-order valence-electron chi connectivity index (χ1n) is 7.98. The summed E-state index contributed by atoms with van der Waals surface area (Å²) in [6.45, 7) is 0.0353. The SMILES string of the molecule is O=C(NCc1ccccc1F)c1cccc(C(=O)Nc2ccccc2)n1. The molecule has 0 atom stereocenters. The second kappa shape index (κ2) is 8.02. The Labute approximate surface area is 149 Å². The highest BCUT2D eigenvalue weighted by Gasteiger charge is 2.13. The van der Waals surface area contributed by atoms with E-state index in [1.54, 1.807) is 48.5 Å². The molecule has 0 saturated heterocycles. The highest BCUT2D eigenvalue weighted by atomic mass is 19.1. The zero-order valence-electron chi connectivity index (χ0n) is 13.8. The van der Waals surface area contributed by atoms with Gasteiger partial charge in [-0.3, -0.25) is 9.59 Å². The van der Waals surface area contributed by atoms with E-state index in [1.807, 2.05) is 6.07 Å². The molecule has 0 unspecified atom stereocenters. The topological polar surface area (TPSA) is 71.1 Å². The van der Waals surface area contributed by atoms with Gasteiger partial charge in [-0.25, -0.2) is 9.37 Å². The molecule has 0 aliphatic heterocycles. The molecule has 6 heteroatoms. The van der Waals surface area contributed by atoms with Gasteiger partial charge in [-0.1, -0.05) is 42.5 Å². The van der Waals surface area contributed by atoms with Crippen molar-refractivity contribution in [3.05, 3.63) is 95.6 Å². The fraction of sp³-hybridized carbons (Fsp3) is 0.0500. The van der Waals surface area contributed by atoms with E-state index in [2.05, 4.69) is 15.6 Å². The molecule has 0 aliphatic carbocycles. The summed E-state index contributed by atoms with van der Waals surface area (Å²) in [4.78, 5) is 28.6. The summed E-state index contributed by atoms with van der Waals surface area (Å²) in [5, 5.41) is 5.31. The molecule has 26 heavy (non-hydrogen) atoms. The van der Waals surface area contributed by atoms with Crippen molar-refractivity contribution in [1.82, 2.24) is 10.3 Å². The zero-order chi connectivity index (χ0) is 18.4. The molecule has 5 nitrogen and oxygen atoms in total. The number of aromatic nitrogens is 1. The zero-order valence-corrected chi connectivity index (χ0v) is 13.8. The van der Waals surface area contributed by atoms with Crippen LogP contribution in [-0.2, 0) is 6.54 Å². The van der Waals surface area contributed by atoms with Gasteiger partial charge in [0.25, 0.3) is 11.8 Å². The van der Waals surface area contributed by atoms with Crippen molar-refractivity contribution < 1.29 is 14.0 Å². The predicted molar refractivity (Wildman–Crippen MR) is 96.2 cm³/mol. The van der Waals surface area contributed by atoms with Crippen LogP contribution >= 0.6 is 0 Å². The van der Waals surface area contributed by atoms with Crippen LogP contribution in [0.2, 0.25) is 0 Å². The Hall–Kier alpha value is -3.54. The summed E-state index contributed by atoms with van der Waals surface area (Å²) >= 11 is 0. The number of rotatable bonds is 5. The van der Waals surface area contributed by atoms with Crippen LogP contribution in [0.25, 0.3) is 0 Å². The van der Waals surface area contributed by atoms with Gasteiger partial charge in [0.2, 0.25) is 0 Å². The number of benzene rings is 2. The van der Waals surface area contributed by atoms with Gasteiger partial charge in [-0.05, 0) is 30.3 Å². The average molecular weight is 349 g/mol. The van der Waals surface area contributed by atoms with Crippen LogP contribution in [0.4, 0.5) is 10.1 Å². The van der Waals surface area contributed by atoms with Crippen LogP contribution in [0.1, 0.15) is 26.5 Å². The number of hydrogen-bond donors (Lipinski definition) is 2. The third kappa shape index (κ3) is 4.30. The number of nitrogens with one attached hydrogen (secondary N) is 2. The van der Waals surface area contributed by atoms with E-state index in [1.165, 1.54) is 18.2 Å². The lowest BCUT2D eigenvalue weighted by atomic mass is 10.2. The van der Waals surface area contributed by atoms with E-state index in [-0.39, 0.29) is 17.9 Å². The first kappa shape index (κ1) is 17.3. The molecule has 2 N–H and O–H groups in total. The van der Waals surface area contributed by atoms with Crippen LogP contribution in [0.3, 0.4) is 0 Å². The van der Waals surface area contributed by atoms with Gasteiger partial charge in [0.05, 0.1) is 0 Å². The minimum absolute atomic E-state index is 0.0353. The standard InChI is InChI=1S/C20H16FN3O2/c21-16-10-5-4-7-14(16)13-22-19(25)17-11-6-12-18(24-17)20(26)23-15-8-2-1-3-9-15/h1-12H,13H2,(H,22,25)(H,23,26). The maximum atomic E-state index is 13.6. The van der Waals surface area contributed by atoms with Gasteiger partial charge in [-0.15, -0.1) is 0 Å². The van der Waals surface area contributed by atoms with Crippen LogP contribution < -0.4 is 10.6 Å². The number of nitrogens with zero attached hydrogens (tertiary/aromatic N) is 1. The van der Waals surface area contributed by atoms with Gasteiger partial charge >= 0.3 is 0 Å². The molecule has 2 amide bonds. The first-order chi connectivity index (χ1) is 12.6. The van der Waals surface area contributed by atoms with Crippen LogP contribution in [0.5, 0.6) is 0 Å². The Morgan fingerprint density at radius 2 is 1.46 bits per heavy atom. The third-order valence-electron chi connectivity index (χ3n) is 3.64. The Morgan fingerprint density at radius 1 is 0.808 bits per heavy atom. The molecular formula is C20H16FN3O2. The van der Waals surface area contributed by atoms with Gasteiger partial charge in [0.1, 0.15) is 17.2 Å². The maximum Gasteiger partial charge on any atom is 0.274 e. The molecule has 1 heterocycles. The van der Waals surface area contributed by atoms with Gasteiger partial charge in [0.15, 0.2) is 0 Å². The van der Waals surface area contributed by atoms with E-state index in [0.717, 1.165) is 0 Å². The Kier molecular flexibility index (Phi) is 5.34. The molecule has 0 spiro atoms. The summed E-state index contributed by atoms with van der Waals surface area (Å²) in [7, 11) is 0. The van der Waals surface area contributed by atoms with Crippen molar-refractivity contribution in [2.75, 3.05) is 5.32 Å². The molecule has 0 radical (unpaired) electrons. The molecule has 0 aliphatic rings. The quantitative estimate of drug-likeness (QED) is 0.742. The monoisotopic (exact) mass is 349 g/mol. The fourth-order valence-electron chi connectivity index (χ4n) is 2.31. The second-order valence-corrected chi connectivity index (χ2v) is 5.50. The number of hydrogen-bond acceptors (Lipinski definition) is 3. The normalized spacial score (nSPS) is 10.2. The smallest absolute Gasteiger partial charge is 0.274 e. The number of para-hydroxylation sites is 1. The molecule has 1 aromatic heterocycles. The van der Waals surface area contributed by atoms with Crippen molar-refractivity contribution in [2.45, 2.75) is 6.54 Å². The Morgan fingerprint density at radius 3 is 2.19 bits per heavy atom. The van der Waals surface area contributed by atoms with Crippen LogP contribution in [0.15, 0.2) is 72.8 Å². The lowest BCUT2D eigenvalue weighted by Gasteiger charge is -2.08. The van der Waals surface area contributed by atoms with E-state index < -0.39 is 17.6 Å². The van der Waals surface area contributed by atoms with E-state index in [4.69, 9.17) is 0 Å².